The van der Waals surface area contributed by atoms with Crippen LogP contribution < -0.4 is 11.1 Å². The highest BCUT2D eigenvalue weighted by atomic mass is 32.2. The number of thioether (sulfide) groups is 1. The van der Waals surface area contributed by atoms with Crippen molar-refractivity contribution in [1.29, 1.82) is 0 Å². The van der Waals surface area contributed by atoms with Crippen LogP contribution in [-0.4, -0.2) is 51.1 Å². The standard InChI is InChI=1S/C13H20N2O5S/c1-3-7(2)10(14)11(18)13(15-4-5-21-13)8(12(19)20)6-9(16)17/h6-7,10,15H,3-5,14H2,1-2H3,(H,16,17)(H,19,20)/t7-,10+,13?/m0/s1. The summed E-state index contributed by atoms with van der Waals surface area (Å²) in [5.41, 5.74) is 5.45. The maximum absolute atomic E-state index is 12.7. The first-order valence-corrected chi connectivity index (χ1v) is 7.62. The number of nitrogens with two attached hydrogens (primary N) is 1. The van der Waals surface area contributed by atoms with Crippen LogP contribution in [0, 0.1) is 5.92 Å². The first-order chi connectivity index (χ1) is 9.76. The lowest BCUT2D eigenvalue weighted by Crippen LogP contribution is -2.57. The van der Waals surface area contributed by atoms with Gasteiger partial charge in [0.2, 0.25) is 0 Å². The van der Waals surface area contributed by atoms with E-state index in [2.05, 4.69) is 5.32 Å². The van der Waals surface area contributed by atoms with Gasteiger partial charge < -0.3 is 15.9 Å². The number of hydrogen-bond donors (Lipinski definition) is 4. The molecule has 1 saturated heterocycles. The minimum atomic E-state index is -1.59. The fourth-order valence-corrected chi connectivity index (χ4v) is 3.43. The third-order valence-corrected chi connectivity index (χ3v) is 4.99. The summed E-state index contributed by atoms with van der Waals surface area (Å²) in [6.07, 6.45) is 1.23. The second-order valence-electron chi connectivity index (χ2n) is 4.93. The lowest BCUT2D eigenvalue weighted by atomic mass is 9.89. The van der Waals surface area contributed by atoms with E-state index in [0.717, 1.165) is 11.8 Å². The van der Waals surface area contributed by atoms with Gasteiger partial charge in [-0.05, 0) is 5.92 Å². The average molecular weight is 316 g/mol. The molecule has 3 atom stereocenters. The second kappa shape index (κ2) is 7.06. The number of Topliss-reactive ketones (excluding diaryl/α,β-unsaturated/α-hetero) is 1. The number of nitrogens with one attached hydrogen (secondary N) is 1. The number of aliphatic carboxylic acids is 2. The Hall–Kier alpha value is -1.38. The molecule has 7 nitrogen and oxygen atoms in total. The Kier molecular flexibility index (Phi) is 5.94. The van der Waals surface area contributed by atoms with E-state index in [0.29, 0.717) is 24.8 Å². The van der Waals surface area contributed by atoms with Gasteiger partial charge in [0.1, 0.15) is 0 Å². The van der Waals surface area contributed by atoms with E-state index in [9.17, 15) is 19.5 Å². The zero-order chi connectivity index (χ0) is 16.2. The van der Waals surface area contributed by atoms with Crippen LogP contribution >= 0.6 is 11.8 Å². The molecule has 1 rings (SSSR count). The van der Waals surface area contributed by atoms with Crippen molar-refractivity contribution in [1.82, 2.24) is 5.32 Å². The van der Waals surface area contributed by atoms with Crippen LogP contribution in [0.3, 0.4) is 0 Å². The summed E-state index contributed by atoms with van der Waals surface area (Å²) >= 11 is 1.08. The molecule has 1 unspecified atom stereocenters. The van der Waals surface area contributed by atoms with Gasteiger partial charge in [0.25, 0.3) is 0 Å². The van der Waals surface area contributed by atoms with Crippen molar-refractivity contribution in [3.63, 3.8) is 0 Å². The number of rotatable bonds is 7. The highest BCUT2D eigenvalue weighted by molar-refractivity contribution is 8.01. The summed E-state index contributed by atoms with van der Waals surface area (Å²) in [7, 11) is 0. The first-order valence-electron chi connectivity index (χ1n) is 6.63. The Morgan fingerprint density at radius 3 is 2.43 bits per heavy atom. The molecule has 1 aliphatic rings. The van der Waals surface area contributed by atoms with Crippen molar-refractivity contribution < 1.29 is 24.6 Å². The molecule has 0 saturated carbocycles. The van der Waals surface area contributed by atoms with Gasteiger partial charge in [-0.2, -0.15) is 0 Å². The largest absolute Gasteiger partial charge is 0.478 e. The van der Waals surface area contributed by atoms with Gasteiger partial charge in [-0.25, -0.2) is 9.59 Å². The van der Waals surface area contributed by atoms with Crippen molar-refractivity contribution in [2.45, 2.75) is 31.2 Å². The topological polar surface area (TPSA) is 130 Å². The molecule has 8 heteroatoms. The molecule has 0 spiro atoms. The fraction of sp³-hybridized carbons (Fsp3) is 0.615. The fourth-order valence-electron chi connectivity index (χ4n) is 2.13. The molecule has 0 aromatic carbocycles. The molecule has 21 heavy (non-hydrogen) atoms. The van der Waals surface area contributed by atoms with Gasteiger partial charge in [-0.1, -0.05) is 20.3 Å². The average Bonchev–Trinajstić information content (AvgIpc) is 2.92. The number of hydrogen-bond acceptors (Lipinski definition) is 6. The predicted octanol–water partition coefficient (Wildman–Crippen LogP) is 0.0572. The third-order valence-electron chi connectivity index (χ3n) is 3.58. The van der Waals surface area contributed by atoms with E-state index >= 15 is 0 Å². The van der Waals surface area contributed by atoms with Gasteiger partial charge in [0.15, 0.2) is 10.7 Å². The Morgan fingerprint density at radius 1 is 1.43 bits per heavy atom. The van der Waals surface area contributed by atoms with E-state index in [4.69, 9.17) is 10.8 Å². The van der Waals surface area contributed by atoms with E-state index in [1.165, 1.54) is 0 Å². The van der Waals surface area contributed by atoms with Gasteiger partial charge >= 0.3 is 11.9 Å². The lowest BCUT2D eigenvalue weighted by Gasteiger charge is -2.32. The first kappa shape index (κ1) is 17.7. The van der Waals surface area contributed by atoms with Crippen LogP contribution in [0.4, 0.5) is 0 Å². The highest BCUT2D eigenvalue weighted by Crippen LogP contribution is 2.37. The Morgan fingerprint density at radius 2 is 2.05 bits per heavy atom. The summed E-state index contributed by atoms with van der Waals surface area (Å²) in [6, 6.07) is -0.857. The summed E-state index contributed by atoms with van der Waals surface area (Å²) in [4.78, 5) is 33.4. The van der Waals surface area contributed by atoms with Crippen LogP contribution in [0.25, 0.3) is 0 Å². The number of carbonyl (C=O) groups is 3. The Bertz CT molecular complexity index is 471. The summed E-state index contributed by atoms with van der Waals surface area (Å²) in [5.74, 6) is -2.97. The molecule has 0 bridgehead atoms. The number of ketones is 1. The lowest BCUT2D eigenvalue weighted by molar-refractivity contribution is -0.136. The van der Waals surface area contributed by atoms with Crippen molar-refractivity contribution in [3.8, 4) is 0 Å². The second-order valence-corrected chi connectivity index (χ2v) is 6.24. The maximum atomic E-state index is 12.7. The number of carbonyl (C=O) groups excluding carboxylic acids is 1. The Balaban J connectivity index is 3.28. The van der Waals surface area contributed by atoms with Gasteiger partial charge in [-0.3, -0.25) is 10.1 Å². The molecule has 5 N–H and O–H groups in total. The SMILES string of the molecule is CC[C@H](C)[C@@H](N)C(=O)C1(C(=CC(=O)O)C(=O)O)NCCS1. The summed E-state index contributed by atoms with van der Waals surface area (Å²) in [6.45, 7) is 4.09. The highest BCUT2D eigenvalue weighted by Gasteiger charge is 2.50. The van der Waals surface area contributed by atoms with Crippen molar-refractivity contribution >= 4 is 29.5 Å². The van der Waals surface area contributed by atoms with E-state index in [1.807, 2.05) is 6.92 Å². The number of carboxylic acid groups (broad SMARTS) is 2. The minimum Gasteiger partial charge on any atom is -0.478 e. The summed E-state index contributed by atoms with van der Waals surface area (Å²) < 4.78 is 0. The minimum absolute atomic E-state index is 0.128. The molecule has 1 heterocycles. The molecule has 0 aromatic heterocycles. The molecular weight excluding hydrogens is 296 g/mol. The van der Waals surface area contributed by atoms with Gasteiger partial charge in [0, 0.05) is 18.4 Å². The molecule has 0 aromatic rings. The Labute approximate surface area is 127 Å². The molecule has 1 aliphatic heterocycles. The van der Waals surface area contributed by atoms with Crippen molar-refractivity contribution in [3.05, 3.63) is 11.6 Å². The maximum Gasteiger partial charge on any atom is 0.335 e. The molecule has 118 valence electrons. The molecule has 0 amide bonds. The van der Waals surface area contributed by atoms with Crippen molar-refractivity contribution in [2.75, 3.05) is 12.3 Å². The van der Waals surface area contributed by atoms with Crippen LogP contribution in [0.1, 0.15) is 20.3 Å². The zero-order valence-corrected chi connectivity index (χ0v) is 12.8. The smallest absolute Gasteiger partial charge is 0.335 e. The van der Waals surface area contributed by atoms with E-state index < -0.39 is 34.2 Å². The van der Waals surface area contributed by atoms with Crippen LogP contribution in [0.2, 0.25) is 0 Å². The molecule has 0 radical (unpaired) electrons. The van der Waals surface area contributed by atoms with Crippen LogP contribution in [0.5, 0.6) is 0 Å². The molecule has 1 fully saturated rings. The monoisotopic (exact) mass is 316 g/mol. The third kappa shape index (κ3) is 3.63. The van der Waals surface area contributed by atoms with Gasteiger partial charge in [-0.15, -0.1) is 11.8 Å². The van der Waals surface area contributed by atoms with Crippen LogP contribution in [0.15, 0.2) is 11.6 Å². The number of carboxylic acids is 2. The summed E-state index contributed by atoms with van der Waals surface area (Å²) in [5, 5.41) is 21.0. The predicted molar refractivity (Wildman–Crippen MR) is 79.0 cm³/mol. The van der Waals surface area contributed by atoms with E-state index in [1.54, 1.807) is 6.92 Å². The van der Waals surface area contributed by atoms with E-state index in [-0.39, 0.29) is 5.92 Å². The zero-order valence-electron chi connectivity index (χ0n) is 12.0. The van der Waals surface area contributed by atoms with Crippen molar-refractivity contribution in [2.24, 2.45) is 11.7 Å². The quantitative estimate of drug-likeness (QED) is 0.485. The van der Waals surface area contributed by atoms with Gasteiger partial charge in [0.05, 0.1) is 11.6 Å². The molecule has 0 aliphatic carbocycles. The molecular formula is C13H20N2O5S. The normalized spacial score (nSPS) is 25.4. The van der Waals surface area contributed by atoms with Crippen LogP contribution in [-0.2, 0) is 14.4 Å².